The van der Waals surface area contributed by atoms with Crippen molar-refractivity contribution in [2.45, 2.75) is 409 Å². The number of likely N-dealkylation sites (tertiary alicyclic amines) is 3. The highest BCUT2D eigenvalue weighted by Crippen LogP contribution is 2.50. The van der Waals surface area contributed by atoms with E-state index in [-0.39, 0.29) is 22.0 Å². The molecule has 0 aromatic heterocycles. The van der Waals surface area contributed by atoms with Gasteiger partial charge in [-0.3, -0.25) is 24.5 Å². The van der Waals surface area contributed by atoms with E-state index in [0.717, 1.165) is 43.1 Å². The van der Waals surface area contributed by atoms with Gasteiger partial charge in [-0.05, 0) is 267 Å². The van der Waals surface area contributed by atoms with Crippen molar-refractivity contribution in [3.8, 4) is 0 Å². The van der Waals surface area contributed by atoms with Gasteiger partial charge in [0.05, 0.1) is 0 Å². The standard InChI is InChI=1S/C17H33N.C17H27N.2C16H25N.C13H27N.C12H25N/c2*1-16(2,3)15-11-13-9-7-8-10-14(13)12-18(15)17(4,5)6;1-15(2,3)14-13-10-8-7-9-12(13)11-17(14)16(4,5)6;1-15(2,3)14-11-12-9-7-8-10-13(12)17(14)16(4,5)6;1-12(2,3)11-9-7-8-10-14(11)13(4,5)6;1-11(2,3)10-8-7-9-13(10)12(4,5)6/h13-15H,7-12H2,1-6H3;7-10,15H,11-12H2,1-6H3;2*7-10,14H,11H2,1-6H3;11H,7-10H2,1-6H3;10H,7-9H2,1-6H3. The molecule has 3 aromatic carbocycles. The summed E-state index contributed by atoms with van der Waals surface area (Å²) in [6.07, 6.45) is 16.6. The van der Waals surface area contributed by atoms with Crippen molar-refractivity contribution in [3.63, 3.8) is 0 Å². The van der Waals surface area contributed by atoms with Gasteiger partial charge in [-0.2, -0.15) is 0 Å². The van der Waals surface area contributed by atoms with E-state index in [1.54, 1.807) is 0 Å². The number of para-hydroxylation sites is 1. The molecule has 0 amide bonds. The summed E-state index contributed by atoms with van der Waals surface area (Å²) in [6, 6.07) is 30.7. The van der Waals surface area contributed by atoms with Crippen molar-refractivity contribution in [3.05, 3.63) is 101 Å². The lowest BCUT2D eigenvalue weighted by Gasteiger charge is -2.55. The number of benzene rings is 3. The summed E-state index contributed by atoms with van der Waals surface area (Å²) >= 11 is 0. The molecule has 4 fully saturated rings. The fourth-order valence-electron chi connectivity index (χ4n) is 18.2. The maximum Gasteiger partial charge on any atom is 0.0408 e. The van der Waals surface area contributed by atoms with Crippen molar-refractivity contribution in [2.75, 3.05) is 24.5 Å². The fourth-order valence-corrected chi connectivity index (χ4v) is 18.2. The molecule has 8 atom stereocenters. The molecule has 7 aliphatic rings. The number of hydrogen-bond donors (Lipinski definition) is 0. The summed E-state index contributed by atoms with van der Waals surface area (Å²) < 4.78 is 0. The van der Waals surface area contributed by atoms with Crippen molar-refractivity contribution >= 4 is 5.69 Å². The molecule has 556 valence electrons. The zero-order valence-electron chi connectivity index (χ0n) is 71.3. The second-order valence-electron chi connectivity index (χ2n) is 44.1. The van der Waals surface area contributed by atoms with Crippen LogP contribution in [0.1, 0.15) is 347 Å². The smallest absolute Gasteiger partial charge is 0.0408 e. The molecule has 0 N–H and O–H groups in total. The van der Waals surface area contributed by atoms with Crippen LogP contribution in [0.3, 0.4) is 0 Å². The van der Waals surface area contributed by atoms with Gasteiger partial charge < -0.3 is 4.90 Å². The molecule has 0 spiro atoms. The lowest BCUT2D eigenvalue weighted by Crippen LogP contribution is -2.59. The monoisotopic (exact) mass is 1340 g/mol. The Kier molecular flexibility index (Phi) is 27.7. The third kappa shape index (κ3) is 23.4. The first-order valence-corrected chi connectivity index (χ1v) is 39.6. The molecule has 6 aliphatic heterocycles. The minimum absolute atomic E-state index is 0.185. The van der Waals surface area contributed by atoms with Crippen molar-refractivity contribution in [1.82, 2.24) is 24.5 Å². The van der Waals surface area contributed by atoms with Gasteiger partial charge >= 0.3 is 0 Å². The van der Waals surface area contributed by atoms with Gasteiger partial charge in [-0.25, -0.2) is 0 Å². The Morgan fingerprint density at radius 1 is 0.278 bits per heavy atom. The molecule has 10 rings (SSSR count). The predicted molar refractivity (Wildman–Crippen MR) is 430 cm³/mol. The molecule has 6 nitrogen and oxygen atoms in total. The van der Waals surface area contributed by atoms with Crippen LogP contribution in [0.15, 0.2) is 72.8 Å². The van der Waals surface area contributed by atoms with Crippen LogP contribution in [0.2, 0.25) is 0 Å². The first-order valence-electron chi connectivity index (χ1n) is 39.6. The number of anilines is 1. The molecule has 1 saturated carbocycles. The SMILES string of the molecule is CC(C)(C)C1CC2CCCCC2CN1C(C)(C)C.CC(C)(C)C1CCCCN1C(C)(C)C.CC(C)(C)C1CCCN1C(C)(C)C.CC(C)(C)C1Cc2ccccc2CN1C(C)(C)C.CC(C)(C)C1Cc2ccccc2N1C(C)(C)C.CC(C)(C)C1c2ccccc2CN1C(C)(C)C. The van der Waals surface area contributed by atoms with Crippen molar-refractivity contribution in [1.29, 1.82) is 0 Å². The molecule has 3 aromatic rings. The molecular weight excluding hydrogens is 1180 g/mol. The van der Waals surface area contributed by atoms with Crippen LogP contribution in [-0.4, -0.2) is 108 Å². The van der Waals surface area contributed by atoms with Crippen LogP contribution in [-0.2, 0) is 25.9 Å². The molecule has 3 saturated heterocycles. The molecule has 8 unspecified atom stereocenters. The van der Waals surface area contributed by atoms with Crippen LogP contribution in [0.4, 0.5) is 5.69 Å². The second-order valence-corrected chi connectivity index (χ2v) is 44.1. The van der Waals surface area contributed by atoms with E-state index >= 15 is 0 Å². The maximum absolute atomic E-state index is 2.82. The third-order valence-electron chi connectivity index (χ3n) is 23.2. The summed E-state index contributed by atoms with van der Waals surface area (Å²) in [5, 5.41) is 0. The number of hydrogen-bond acceptors (Lipinski definition) is 6. The molecule has 1 aliphatic carbocycles. The quantitative estimate of drug-likeness (QED) is 0.222. The van der Waals surface area contributed by atoms with Gasteiger partial charge in [0.15, 0.2) is 0 Å². The zero-order chi connectivity index (χ0) is 74.1. The predicted octanol–water partition coefficient (Wildman–Crippen LogP) is 24.6. The summed E-state index contributed by atoms with van der Waals surface area (Å²) in [5.41, 5.74) is 12.8. The van der Waals surface area contributed by atoms with Crippen LogP contribution < -0.4 is 4.90 Å². The van der Waals surface area contributed by atoms with Gasteiger partial charge in [-0.1, -0.05) is 217 Å². The average Bonchev–Trinajstić information content (AvgIpc) is 1.74. The van der Waals surface area contributed by atoms with Crippen LogP contribution in [0, 0.1) is 44.3 Å². The summed E-state index contributed by atoms with van der Waals surface area (Å²) in [4.78, 5) is 16.1. The molecule has 0 radical (unpaired) electrons. The average molecular weight is 1340 g/mol. The Morgan fingerprint density at radius 3 is 1.08 bits per heavy atom. The minimum Gasteiger partial charge on any atom is -0.363 e. The van der Waals surface area contributed by atoms with Gasteiger partial charge in [-0.15, -0.1) is 0 Å². The first-order chi connectivity index (χ1) is 43.8. The number of piperidine rings is 2. The highest BCUT2D eigenvalue weighted by atomic mass is 15.3. The highest BCUT2D eigenvalue weighted by Gasteiger charge is 2.48. The van der Waals surface area contributed by atoms with Crippen LogP contribution in [0.25, 0.3) is 0 Å². The Bertz CT molecular complexity index is 2660. The number of rotatable bonds is 0. The van der Waals surface area contributed by atoms with E-state index in [9.17, 15) is 0 Å². The molecule has 6 heteroatoms. The summed E-state index contributed by atoms with van der Waals surface area (Å²) in [5.74, 6) is 2.00. The zero-order valence-corrected chi connectivity index (χ0v) is 71.3. The Labute approximate surface area is 605 Å². The first kappa shape index (κ1) is 84.9. The van der Waals surface area contributed by atoms with E-state index in [2.05, 4.69) is 351 Å². The van der Waals surface area contributed by atoms with E-state index in [1.807, 2.05) is 0 Å². The lowest BCUT2D eigenvalue weighted by atomic mass is 9.67. The van der Waals surface area contributed by atoms with Gasteiger partial charge in [0.1, 0.15) is 0 Å². The Balaban J connectivity index is 0.000000211. The van der Waals surface area contributed by atoms with Crippen LogP contribution >= 0.6 is 0 Å². The van der Waals surface area contributed by atoms with Crippen molar-refractivity contribution < 1.29 is 0 Å². The molecule has 6 heterocycles. The molecule has 0 bridgehead atoms. The lowest BCUT2D eigenvalue weighted by molar-refractivity contribution is -0.0583. The maximum atomic E-state index is 2.82. The summed E-state index contributed by atoms with van der Waals surface area (Å²) in [6.45, 7) is 90.9. The van der Waals surface area contributed by atoms with E-state index in [0.29, 0.717) is 61.8 Å². The second kappa shape index (κ2) is 31.7. The number of fused-ring (bicyclic) bond motifs is 4. The highest BCUT2D eigenvalue weighted by molar-refractivity contribution is 5.61. The fraction of sp³-hybridized carbons (Fsp3) is 0.802. The van der Waals surface area contributed by atoms with Crippen LogP contribution in [0.5, 0.6) is 0 Å². The molecular formula is C91H162N6. The van der Waals surface area contributed by atoms with Gasteiger partial charge in [0.2, 0.25) is 0 Å². The Morgan fingerprint density at radius 2 is 0.649 bits per heavy atom. The van der Waals surface area contributed by atoms with Gasteiger partial charge in [0.25, 0.3) is 0 Å². The largest absolute Gasteiger partial charge is 0.363 e. The molecule has 97 heavy (non-hydrogen) atoms. The van der Waals surface area contributed by atoms with E-state index in [4.69, 9.17) is 0 Å². The van der Waals surface area contributed by atoms with Gasteiger partial charge in [0, 0.05) is 94.8 Å². The van der Waals surface area contributed by atoms with Crippen molar-refractivity contribution in [2.24, 2.45) is 44.3 Å². The van der Waals surface area contributed by atoms with E-state index < -0.39 is 0 Å². The van der Waals surface area contributed by atoms with E-state index in [1.165, 1.54) is 130 Å². The number of nitrogens with zero attached hydrogens (tertiary/aromatic N) is 6. The topological polar surface area (TPSA) is 19.4 Å². The summed E-state index contributed by atoms with van der Waals surface area (Å²) in [7, 11) is 0. The third-order valence-corrected chi connectivity index (χ3v) is 23.2. The Hall–Kier alpha value is -2.74. The normalized spacial score (nSPS) is 25.4. The minimum atomic E-state index is 0.185.